The summed E-state index contributed by atoms with van der Waals surface area (Å²) in [5.74, 6) is 0. The van der Waals surface area contributed by atoms with Crippen LogP contribution in [0.25, 0.3) is 0 Å². The molecule has 0 aliphatic carbocycles. The number of aromatic nitrogens is 2. The van der Waals surface area contributed by atoms with E-state index in [2.05, 4.69) is 34.4 Å². The van der Waals surface area contributed by atoms with E-state index in [9.17, 15) is 4.79 Å². The maximum atomic E-state index is 12.9. The Morgan fingerprint density at radius 2 is 2.03 bits per heavy atom. The van der Waals surface area contributed by atoms with Gasteiger partial charge in [0.2, 0.25) is 0 Å². The number of carbonyl (C=O) groups excluding carboxylic acids is 1. The second-order valence-electron chi connectivity index (χ2n) is 7.82. The summed E-state index contributed by atoms with van der Waals surface area (Å²) in [5.41, 5.74) is 3.06. The number of amides is 2. The summed E-state index contributed by atoms with van der Waals surface area (Å²) in [6.45, 7) is 6.72. The van der Waals surface area contributed by atoms with Crippen LogP contribution in [-0.4, -0.2) is 53.5 Å². The van der Waals surface area contributed by atoms with Gasteiger partial charge in [-0.1, -0.05) is 18.9 Å². The van der Waals surface area contributed by atoms with E-state index in [4.69, 9.17) is 4.74 Å². The van der Waals surface area contributed by atoms with Crippen molar-refractivity contribution in [2.45, 2.75) is 45.3 Å². The van der Waals surface area contributed by atoms with Crippen molar-refractivity contribution in [2.75, 3.05) is 43.0 Å². The lowest BCUT2D eigenvalue weighted by molar-refractivity contribution is -0.0135. The van der Waals surface area contributed by atoms with Crippen molar-refractivity contribution >= 4 is 17.4 Å². The zero-order valence-corrected chi connectivity index (χ0v) is 17.2. The zero-order chi connectivity index (χ0) is 20.1. The highest BCUT2D eigenvalue weighted by Crippen LogP contribution is 2.25. The maximum Gasteiger partial charge on any atom is 0.322 e. The van der Waals surface area contributed by atoms with E-state index in [1.807, 2.05) is 34.1 Å². The number of nitrogens with one attached hydrogen (secondary N) is 1. The van der Waals surface area contributed by atoms with E-state index in [1.54, 1.807) is 0 Å². The molecule has 7 nitrogen and oxygen atoms in total. The molecular formula is C22H31N5O2. The summed E-state index contributed by atoms with van der Waals surface area (Å²) in [4.78, 5) is 17.1. The lowest BCUT2D eigenvalue weighted by Crippen LogP contribution is -2.44. The lowest BCUT2D eigenvalue weighted by Gasteiger charge is -2.32. The van der Waals surface area contributed by atoms with Crippen molar-refractivity contribution in [1.29, 1.82) is 0 Å². The van der Waals surface area contributed by atoms with Crippen LogP contribution in [0.3, 0.4) is 0 Å². The van der Waals surface area contributed by atoms with Gasteiger partial charge in [0.15, 0.2) is 0 Å². The Bertz CT molecular complexity index is 813. The van der Waals surface area contributed by atoms with Gasteiger partial charge in [-0.15, -0.1) is 0 Å². The average molecular weight is 398 g/mol. The quantitative estimate of drug-likeness (QED) is 0.850. The minimum absolute atomic E-state index is 0.0748. The third kappa shape index (κ3) is 4.90. The molecule has 0 bridgehead atoms. The smallest absolute Gasteiger partial charge is 0.322 e. The number of rotatable bonds is 4. The van der Waals surface area contributed by atoms with Gasteiger partial charge in [-0.25, -0.2) is 4.79 Å². The number of ether oxygens (including phenoxy) is 1. The first-order chi connectivity index (χ1) is 14.2. The summed E-state index contributed by atoms with van der Waals surface area (Å²) in [6.07, 6.45) is 8.79. The van der Waals surface area contributed by atoms with E-state index in [1.165, 1.54) is 31.4 Å². The Balaban J connectivity index is 1.39. The van der Waals surface area contributed by atoms with E-state index >= 15 is 0 Å². The predicted molar refractivity (Wildman–Crippen MR) is 114 cm³/mol. The molecule has 1 aromatic heterocycles. The molecular weight excluding hydrogens is 366 g/mol. The van der Waals surface area contributed by atoms with Crippen molar-refractivity contribution in [1.82, 2.24) is 14.7 Å². The van der Waals surface area contributed by atoms with Gasteiger partial charge in [0, 0.05) is 49.3 Å². The van der Waals surface area contributed by atoms with Crippen molar-refractivity contribution in [3.63, 3.8) is 0 Å². The lowest BCUT2D eigenvalue weighted by atomic mass is 10.1. The van der Waals surface area contributed by atoms with Crippen molar-refractivity contribution < 1.29 is 9.53 Å². The molecule has 3 heterocycles. The van der Waals surface area contributed by atoms with Crippen molar-refractivity contribution in [3.05, 3.63) is 42.2 Å². The van der Waals surface area contributed by atoms with Crippen LogP contribution in [0, 0.1) is 0 Å². The molecule has 2 saturated heterocycles. The molecule has 1 N–H and O–H groups in total. The van der Waals surface area contributed by atoms with Gasteiger partial charge in [0.05, 0.1) is 19.3 Å². The first kappa shape index (κ1) is 19.8. The van der Waals surface area contributed by atoms with Gasteiger partial charge in [-0.3, -0.25) is 4.68 Å². The fourth-order valence-electron chi connectivity index (χ4n) is 4.07. The van der Waals surface area contributed by atoms with Crippen LogP contribution < -0.4 is 10.2 Å². The van der Waals surface area contributed by atoms with Crippen LogP contribution in [0.5, 0.6) is 0 Å². The third-order valence-electron chi connectivity index (χ3n) is 5.77. The zero-order valence-electron chi connectivity index (χ0n) is 17.2. The van der Waals surface area contributed by atoms with Crippen LogP contribution in [-0.2, 0) is 11.3 Å². The molecule has 29 heavy (non-hydrogen) atoms. The predicted octanol–water partition coefficient (Wildman–Crippen LogP) is 3.89. The van der Waals surface area contributed by atoms with E-state index in [0.717, 1.165) is 30.9 Å². The standard InChI is InChI=1S/C22H31N5O2/c1-2-27-16-18(15-23-27)21-17-26(12-13-29-21)22(28)24-19-8-7-9-20(14-19)25-10-5-3-4-6-11-25/h7-9,14-16,21H,2-6,10-13,17H2,1H3,(H,24,28)/t21-/m1/s1. The van der Waals surface area contributed by atoms with Crippen LogP contribution in [0.2, 0.25) is 0 Å². The highest BCUT2D eigenvalue weighted by Gasteiger charge is 2.26. The Kier molecular flexibility index (Phi) is 6.34. The Hall–Kier alpha value is -2.54. The van der Waals surface area contributed by atoms with Crippen LogP contribution in [0.15, 0.2) is 36.7 Å². The summed E-state index contributed by atoms with van der Waals surface area (Å²) in [6, 6.07) is 8.14. The molecule has 1 atom stereocenters. The molecule has 156 valence electrons. The Morgan fingerprint density at radius 1 is 1.21 bits per heavy atom. The summed E-state index contributed by atoms with van der Waals surface area (Å²) >= 11 is 0. The number of carbonyl (C=O) groups is 1. The highest BCUT2D eigenvalue weighted by atomic mass is 16.5. The van der Waals surface area contributed by atoms with E-state index in [-0.39, 0.29) is 12.1 Å². The van der Waals surface area contributed by atoms with E-state index in [0.29, 0.717) is 19.7 Å². The molecule has 0 unspecified atom stereocenters. The topological polar surface area (TPSA) is 62.6 Å². The molecule has 2 fully saturated rings. The fourth-order valence-corrected chi connectivity index (χ4v) is 4.07. The minimum Gasteiger partial charge on any atom is -0.371 e. The van der Waals surface area contributed by atoms with Gasteiger partial charge >= 0.3 is 6.03 Å². The molecule has 4 rings (SSSR count). The average Bonchev–Trinajstić information content (AvgIpc) is 3.08. The summed E-state index contributed by atoms with van der Waals surface area (Å²) < 4.78 is 7.76. The van der Waals surface area contributed by atoms with Gasteiger partial charge in [0.1, 0.15) is 6.10 Å². The molecule has 2 amide bonds. The molecule has 0 saturated carbocycles. The molecule has 2 aliphatic rings. The normalized spacial score (nSPS) is 20.4. The largest absolute Gasteiger partial charge is 0.371 e. The van der Waals surface area contributed by atoms with Gasteiger partial charge in [-0.2, -0.15) is 5.10 Å². The minimum atomic E-state index is -0.127. The van der Waals surface area contributed by atoms with Crippen LogP contribution >= 0.6 is 0 Å². The maximum absolute atomic E-state index is 12.9. The number of hydrogen-bond donors (Lipinski definition) is 1. The summed E-state index contributed by atoms with van der Waals surface area (Å²) in [7, 11) is 0. The number of aryl methyl sites for hydroxylation is 1. The first-order valence-electron chi connectivity index (χ1n) is 10.8. The number of hydrogen-bond acceptors (Lipinski definition) is 4. The molecule has 0 radical (unpaired) electrons. The molecule has 0 spiro atoms. The van der Waals surface area contributed by atoms with Gasteiger partial charge < -0.3 is 19.9 Å². The molecule has 1 aromatic carbocycles. The van der Waals surface area contributed by atoms with E-state index < -0.39 is 0 Å². The Morgan fingerprint density at radius 3 is 2.79 bits per heavy atom. The molecule has 2 aromatic rings. The van der Waals surface area contributed by atoms with Crippen LogP contribution in [0.1, 0.15) is 44.3 Å². The molecule has 7 heteroatoms. The number of nitrogens with zero attached hydrogens (tertiary/aromatic N) is 4. The SMILES string of the molecule is CCn1cc([C@H]2CN(C(=O)Nc3cccc(N4CCCCCC4)c3)CCO2)cn1. The number of anilines is 2. The highest BCUT2D eigenvalue weighted by molar-refractivity contribution is 5.90. The second-order valence-corrected chi connectivity index (χ2v) is 7.82. The monoisotopic (exact) mass is 397 g/mol. The molecule has 2 aliphatic heterocycles. The summed E-state index contributed by atoms with van der Waals surface area (Å²) in [5, 5.41) is 7.40. The third-order valence-corrected chi connectivity index (χ3v) is 5.77. The van der Waals surface area contributed by atoms with Crippen molar-refractivity contribution in [2.24, 2.45) is 0 Å². The van der Waals surface area contributed by atoms with Crippen LogP contribution in [0.4, 0.5) is 16.2 Å². The number of urea groups is 1. The fraction of sp³-hybridized carbons (Fsp3) is 0.545. The van der Waals surface area contributed by atoms with Crippen molar-refractivity contribution in [3.8, 4) is 0 Å². The Labute approximate surface area is 172 Å². The second kappa shape index (κ2) is 9.31. The van der Waals surface area contributed by atoms with Gasteiger partial charge in [-0.05, 0) is 38.0 Å². The number of morpholine rings is 1. The van der Waals surface area contributed by atoms with Gasteiger partial charge in [0.25, 0.3) is 0 Å². The first-order valence-corrected chi connectivity index (χ1v) is 10.8. The number of benzene rings is 1.